The predicted molar refractivity (Wildman–Crippen MR) is 79.0 cm³/mol. The highest BCUT2D eigenvalue weighted by molar-refractivity contribution is 7.99. The standard InChI is InChI=1S/C14H15F6N2S/c1-21-8-9-6-10(13(15,16)17)7-11(14(18,19)20)12(9)22-2-4-23-5-3-22/h6-7H,2-5,8H2,1H3/q-1. The summed E-state index contributed by atoms with van der Waals surface area (Å²) in [4.78, 5) is 1.51. The first kappa shape index (κ1) is 18.3. The topological polar surface area (TPSA) is 17.3 Å². The summed E-state index contributed by atoms with van der Waals surface area (Å²) in [5.41, 5.74) is -2.74. The zero-order chi connectivity index (χ0) is 17.3. The number of hydrogen-bond donors (Lipinski definition) is 0. The fraction of sp³-hybridized carbons (Fsp3) is 0.571. The normalized spacial score (nSPS) is 16.7. The lowest BCUT2D eigenvalue weighted by Crippen LogP contribution is -2.35. The minimum Gasteiger partial charge on any atom is -0.661 e. The molecule has 0 N–H and O–H groups in total. The molecule has 0 bridgehead atoms. The molecule has 1 aromatic carbocycles. The third-order valence-electron chi connectivity index (χ3n) is 3.48. The van der Waals surface area contributed by atoms with Crippen LogP contribution in [0.25, 0.3) is 5.32 Å². The second-order valence-electron chi connectivity index (χ2n) is 5.10. The first-order chi connectivity index (χ1) is 10.6. The molecule has 0 unspecified atom stereocenters. The van der Waals surface area contributed by atoms with Gasteiger partial charge < -0.3 is 10.2 Å². The zero-order valence-electron chi connectivity index (χ0n) is 12.3. The molecule has 0 amide bonds. The Kier molecular flexibility index (Phi) is 5.40. The molecule has 1 fully saturated rings. The first-order valence-corrected chi connectivity index (χ1v) is 7.99. The SMILES string of the molecule is C[N-]Cc1cc(C(F)(F)F)cc(C(F)(F)F)c1N1CCSCC1. The van der Waals surface area contributed by atoms with Crippen LogP contribution in [0.1, 0.15) is 16.7 Å². The van der Waals surface area contributed by atoms with Crippen molar-refractivity contribution in [2.75, 3.05) is 36.5 Å². The van der Waals surface area contributed by atoms with Crippen molar-refractivity contribution in [3.05, 3.63) is 34.1 Å². The first-order valence-electron chi connectivity index (χ1n) is 6.84. The van der Waals surface area contributed by atoms with Gasteiger partial charge >= 0.3 is 12.4 Å². The fourth-order valence-electron chi connectivity index (χ4n) is 2.53. The van der Waals surface area contributed by atoms with Crippen LogP contribution in [-0.4, -0.2) is 31.6 Å². The maximum Gasteiger partial charge on any atom is 0.418 e. The van der Waals surface area contributed by atoms with Crippen molar-refractivity contribution in [2.24, 2.45) is 0 Å². The molecule has 1 aromatic rings. The summed E-state index contributed by atoms with van der Waals surface area (Å²) >= 11 is 1.61. The van der Waals surface area contributed by atoms with Crippen LogP contribution in [0.3, 0.4) is 0 Å². The van der Waals surface area contributed by atoms with Crippen LogP contribution in [0.15, 0.2) is 12.1 Å². The molecule has 23 heavy (non-hydrogen) atoms. The van der Waals surface area contributed by atoms with E-state index in [0.717, 1.165) is 6.07 Å². The van der Waals surface area contributed by atoms with Gasteiger partial charge in [-0.1, -0.05) is 0 Å². The number of anilines is 1. The van der Waals surface area contributed by atoms with Gasteiger partial charge in [0.05, 0.1) is 16.8 Å². The van der Waals surface area contributed by atoms with E-state index in [4.69, 9.17) is 0 Å². The van der Waals surface area contributed by atoms with Crippen LogP contribution < -0.4 is 4.90 Å². The van der Waals surface area contributed by atoms with Gasteiger partial charge in [0.15, 0.2) is 0 Å². The Labute approximate surface area is 134 Å². The van der Waals surface area contributed by atoms with E-state index in [0.29, 0.717) is 24.6 Å². The molecule has 0 spiro atoms. The number of hydrogen-bond acceptors (Lipinski definition) is 2. The van der Waals surface area contributed by atoms with Gasteiger partial charge in [-0.15, -0.1) is 6.54 Å². The molecule has 0 atom stereocenters. The minimum absolute atomic E-state index is 0.0402. The lowest BCUT2D eigenvalue weighted by atomic mass is 10.00. The molecule has 1 heterocycles. The van der Waals surface area contributed by atoms with E-state index in [1.54, 1.807) is 11.8 Å². The van der Waals surface area contributed by atoms with E-state index in [1.807, 2.05) is 0 Å². The number of alkyl halides is 6. The number of rotatable bonds is 3. The predicted octanol–water partition coefficient (Wildman–Crippen LogP) is 4.78. The fourth-order valence-corrected chi connectivity index (χ4v) is 3.43. The lowest BCUT2D eigenvalue weighted by molar-refractivity contribution is -0.142. The number of nitrogens with zero attached hydrogens (tertiary/aromatic N) is 2. The van der Waals surface area contributed by atoms with Gasteiger partial charge in [0.1, 0.15) is 0 Å². The highest BCUT2D eigenvalue weighted by atomic mass is 32.2. The summed E-state index contributed by atoms with van der Waals surface area (Å²) in [6.07, 6.45) is -9.69. The molecule has 0 aliphatic carbocycles. The van der Waals surface area contributed by atoms with Gasteiger partial charge in [0.25, 0.3) is 0 Å². The third kappa shape index (κ3) is 4.26. The van der Waals surface area contributed by atoms with Crippen LogP contribution >= 0.6 is 11.8 Å². The molecule has 2 rings (SSSR count). The molecule has 130 valence electrons. The van der Waals surface area contributed by atoms with E-state index in [2.05, 4.69) is 5.32 Å². The van der Waals surface area contributed by atoms with Crippen molar-refractivity contribution in [3.63, 3.8) is 0 Å². The molecule has 2 nitrogen and oxygen atoms in total. The quantitative estimate of drug-likeness (QED) is 0.725. The number of halogens is 6. The van der Waals surface area contributed by atoms with E-state index in [9.17, 15) is 26.3 Å². The van der Waals surface area contributed by atoms with Gasteiger partial charge in [-0.25, -0.2) is 0 Å². The van der Waals surface area contributed by atoms with E-state index >= 15 is 0 Å². The maximum absolute atomic E-state index is 13.4. The third-order valence-corrected chi connectivity index (χ3v) is 4.42. The Balaban J connectivity index is 2.64. The van der Waals surface area contributed by atoms with Crippen molar-refractivity contribution in [1.29, 1.82) is 0 Å². The van der Waals surface area contributed by atoms with E-state index < -0.39 is 23.5 Å². The van der Waals surface area contributed by atoms with Crippen LogP contribution in [0.5, 0.6) is 0 Å². The van der Waals surface area contributed by atoms with Crippen LogP contribution in [0.4, 0.5) is 32.0 Å². The minimum atomic E-state index is -4.86. The molecule has 1 aliphatic rings. The number of thioether (sulfide) groups is 1. The van der Waals surface area contributed by atoms with Crippen molar-refractivity contribution < 1.29 is 26.3 Å². The average Bonchev–Trinajstić information content (AvgIpc) is 2.46. The Morgan fingerprint density at radius 3 is 2.13 bits per heavy atom. The largest absolute Gasteiger partial charge is 0.661 e. The van der Waals surface area contributed by atoms with E-state index in [1.165, 1.54) is 11.9 Å². The van der Waals surface area contributed by atoms with Gasteiger partial charge in [-0.05, 0) is 17.7 Å². The van der Waals surface area contributed by atoms with Crippen molar-refractivity contribution >= 4 is 17.4 Å². The summed E-state index contributed by atoms with van der Waals surface area (Å²) in [6, 6.07) is 0.982. The second-order valence-corrected chi connectivity index (χ2v) is 6.33. The second kappa shape index (κ2) is 6.80. The molecular weight excluding hydrogens is 342 g/mol. The summed E-state index contributed by atoms with van der Waals surface area (Å²) in [5.74, 6) is 1.28. The van der Waals surface area contributed by atoms with Crippen molar-refractivity contribution in [2.45, 2.75) is 18.9 Å². The summed E-state index contributed by atoms with van der Waals surface area (Å²) < 4.78 is 78.9. The van der Waals surface area contributed by atoms with Crippen LogP contribution in [0.2, 0.25) is 0 Å². The Morgan fingerprint density at radius 2 is 1.65 bits per heavy atom. The smallest absolute Gasteiger partial charge is 0.418 e. The molecule has 0 aromatic heterocycles. The molecule has 0 saturated carbocycles. The average molecular weight is 357 g/mol. The van der Waals surface area contributed by atoms with Gasteiger partial charge in [-0.3, -0.25) is 0 Å². The number of benzene rings is 1. The molecule has 0 radical (unpaired) electrons. The maximum atomic E-state index is 13.4. The Bertz CT molecular complexity index is 549. The molecule has 1 saturated heterocycles. The summed E-state index contributed by atoms with van der Waals surface area (Å²) in [5, 5.41) is 3.74. The van der Waals surface area contributed by atoms with Gasteiger partial charge in [-0.2, -0.15) is 45.2 Å². The van der Waals surface area contributed by atoms with Gasteiger partial charge in [0, 0.05) is 24.6 Å². The highest BCUT2D eigenvalue weighted by Crippen LogP contribution is 2.43. The van der Waals surface area contributed by atoms with E-state index in [-0.39, 0.29) is 23.9 Å². The zero-order valence-corrected chi connectivity index (χ0v) is 13.1. The Morgan fingerprint density at radius 1 is 1.04 bits per heavy atom. The summed E-state index contributed by atoms with van der Waals surface area (Å²) in [7, 11) is 1.36. The van der Waals surface area contributed by atoms with Gasteiger partial charge in [0.2, 0.25) is 0 Å². The summed E-state index contributed by atoms with van der Waals surface area (Å²) in [6.45, 7) is 0.553. The molecular formula is C14H15F6N2S-. The van der Waals surface area contributed by atoms with Crippen molar-refractivity contribution in [3.8, 4) is 0 Å². The highest BCUT2D eigenvalue weighted by Gasteiger charge is 2.40. The van der Waals surface area contributed by atoms with Crippen LogP contribution in [0, 0.1) is 0 Å². The van der Waals surface area contributed by atoms with Crippen LogP contribution in [-0.2, 0) is 18.9 Å². The van der Waals surface area contributed by atoms with Crippen molar-refractivity contribution in [1.82, 2.24) is 0 Å². The molecule has 1 aliphatic heterocycles. The monoisotopic (exact) mass is 357 g/mol. The molecule has 9 heteroatoms. The Hall–Kier alpha value is -1.09. The lowest BCUT2D eigenvalue weighted by Gasteiger charge is -2.34.